The number of aliphatic hydroxyl groups excluding tert-OH is 1. The summed E-state index contributed by atoms with van der Waals surface area (Å²) in [6.45, 7) is 5.25. The zero-order valence-electron chi connectivity index (χ0n) is 32.9. The molecule has 8 rings (SSSR count). The van der Waals surface area contributed by atoms with Crippen LogP contribution in [0, 0.1) is 10.8 Å². The summed E-state index contributed by atoms with van der Waals surface area (Å²) in [5, 5.41) is 30.1. The van der Waals surface area contributed by atoms with Crippen LogP contribution < -0.4 is 36.5 Å². The zero-order chi connectivity index (χ0) is 41.1. The molecular formula is C40H46ClN11O6. The van der Waals surface area contributed by atoms with Gasteiger partial charge in [-0.3, -0.25) is 33.7 Å². The second-order valence-electron chi connectivity index (χ2n) is 16.3. The van der Waals surface area contributed by atoms with Gasteiger partial charge in [-0.05, 0) is 56.0 Å². The lowest BCUT2D eigenvalue weighted by Crippen LogP contribution is -2.58. The molecule has 3 atom stereocenters. The summed E-state index contributed by atoms with van der Waals surface area (Å²) >= 11 is 6.57. The average Bonchev–Trinajstić information content (AvgIpc) is 3.46. The molecule has 4 aromatic heterocycles. The third kappa shape index (κ3) is 7.16. The van der Waals surface area contributed by atoms with E-state index in [-0.39, 0.29) is 48.0 Å². The molecule has 3 amide bonds. The summed E-state index contributed by atoms with van der Waals surface area (Å²) in [7, 11) is 4.93. The van der Waals surface area contributed by atoms with Crippen LogP contribution in [-0.2, 0) is 28.5 Å². The van der Waals surface area contributed by atoms with Gasteiger partial charge in [0, 0.05) is 74.0 Å². The predicted octanol–water partition coefficient (Wildman–Crippen LogP) is 3.51. The van der Waals surface area contributed by atoms with Gasteiger partial charge in [-0.25, -0.2) is 9.97 Å². The van der Waals surface area contributed by atoms with Crippen LogP contribution in [0.15, 0.2) is 47.5 Å². The van der Waals surface area contributed by atoms with Gasteiger partial charge in [0.15, 0.2) is 18.2 Å². The number of aromatic nitrogens is 6. The van der Waals surface area contributed by atoms with E-state index in [1.165, 1.54) is 11.6 Å². The molecule has 3 aliphatic rings. The van der Waals surface area contributed by atoms with E-state index in [4.69, 9.17) is 21.3 Å². The number of pyridine rings is 2. The molecular weight excluding hydrogens is 766 g/mol. The van der Waals surface area contributed by atoms with Crippen LogP contribution in [0.2, 0.25) is 5.02 Å². The lowest BCUT2D eigenvalue weighted by Gasteiger charge is -2.51. The maximum Gasteiger partial charge on any atom is 0.294 e. The first-order valence-corrected chi connectivity index (χ1v) is 19.6. The molecule has 6 heterocycles. The Kier molecular flexibility index (Phi) is 9.99. The molecule has 3 fully saturated rings. The Bertz CT molecular complexity index is 2530. The second-order valence-corrected chi connectivity index (χ2v) is 16.7. The number of aryl methyl sites for hydroxylation is 2. The first-order valence-electron chi connectivity index (χ1n) is 19.3. The first kappa shape index (κ1) is 39.0. The molecule has 17 nitrogen and oxygen atoms in total. The van der Waals surface area contributed by atoms with Crippen LogP contribution in [0.1, 0.15) is 57.6 Å². The van der Waals surface area contributed by atoms with Gasteiger partial charge in [0.1, 0.15) is 10.7 Å². The maximum atomic E-state index is 12.8. The van der Waals surface area contributed by atoms with Crippen LogP contribution in [0.25, 0.3) is 21.9 Å². The van der Waals surface area contributed by atoms with E-state index >= 15 is 0 Å². The van der Waals surface area contributed by atoms with Gasteiger partial charge >= 0.3 is 0 Å². The lowest BCUT2D eigenvalue weighted by atomic mass is 9.71. The molecule has 58 heavy (non-hydrogen) atoms. The normalized spacial score (nSPS) is 21.4. The number of fused-ring (bicyclic) bond motifs is 2. The van der Waals surface area contributed by atoms with E-state index in [9.17, 15) is 24.3 Å². The Morgan fingerprint density at radius 1 is 1.07 bits per heavy atom. The largest absolute Gasteiger partial charge is 0.478 e. The monoisotopic (exact) mass is 811 g/mol. The number of imide groups is 1. The number of halogens is 1. The highest BCUT2D eigenvalue weighted by Crippen LogP contribution is 2.49. The molecule has 5 N–H and O–H groups in total. The SMILES string of the molecule is CNC(=O)COc1cc2cc(Nc3nc(N4CC5(CC[C@@H](Nc6ccc7c(C8CCC(=O)NC8=O)nn(C)c7c6)C(C)(C)C(O)C5)C4)ncc3Cl)cnc2n(C)c1=O. The second kappa shape index (κ2) is 14.8. The van der Waals surface area contributed by atoms with E-state index in [0.29, 0.717) is 65.1 Å². The van der Waals surface area contributed by atoms with Crippen LogP contribution in [0.5, 0.6) is 5.75 Å². The summed E-state index contributed by atoms with van der Waals surface area (Å²) in [6.07, 6.45) is 5.62. The topological polar surface area (TPSA) is 211 Å². The fraction of sp³-hybridized carbons (Fsp3) is 0.450. The number of likely N-dealkylation sites (N-methyl/N-ethyl adjacent to an activating group) is 1. The molecule has 2 aliphatic heterocycles. The van der Waals surface area contributed by atoms with Crippen molar-refractivity contribution >= 4 is 74.4 Å². The van der Waals surface area contributed by atoms with Crippen LogP contribution in [0.3, 0.4) is 0 Å². The number of aliphatic hydroxyl groups is 1. The minimum Gasteiger partial charge on any atom is -0.478 e. The van der Waals surface area contributed by atoms with Crippen LogP contribution in [-0.4, -0.2) is 91.0 Å². The fourth-order valence-corrected chi connectivity index (χ4v) is 8.65. The maximum absolute atomic E-state index is 12.8. The Labute approximate surface area is 338 Å². The van der Waals surface area contributed by atoms with E-state index in [1.54, 1.807) is 36.3 Å². The van der Waals surface area contributed by atoms with Crippen molar-refractivity contribution in [1.82, 2.24) is 39.9 Å². The molecule has 1 aliphatic carbocycles. The van der Waals surface area contributed by atoms with E-state index in [2.05, 4.69) is 55.1 Å². The minimum absolute atomic E-state index is 0.0223. The first-order chi connectivity index (χ1) is 27.6. The quantitative estimate of drug-likeness (QED) is 0.135. The molecule has 1 spiro atoms. The number of anilines is 4. The van der Waals surface area contributed by atoms with Crippen molar-refractivity contribution in [3.63, 3.8) is 0 Å². The van der Waals surface area contributed by atoms with Gasteiger partial charge in [-0.15, -0.1) is 0 Å². The van der Waals surface area contributed by atoms with Crippen LogP contribution in [0.4, 0.5) is 23.1 Å². The Morgan fingerprint density at radius 2 is 1.86 bits per heavy atom. The number of rotatable bonds is 9. The van der Waals surface area contributed by atoms with Gasteiger partial charge in [-0.1, -0.05) is 25.4 Å². The summed E-state index contributed by atoms with van der Waals surface area (Å²) < 4.78 is 8.62. The van der Waals surface area contributed by atoms with Gasteiger partial charge < -0.3 is 30.7 Å². The van der Waals surface area contributed by atoms with E-state index in [1.807, 2.05) is 25.2 Å². The van der Waals surface area contributed by atoms with Crippen molar-refractivity contribution in [1.29, 1.82) is 0 Å². The summed E-state index contributed by atoms with van der Waals surface area (Å²) in [5.41, 5.74) is 2.45. The van der Waals surface area contributed by atoms with Crippen molar-refractivity contribution in [3.8, 4) is 5.75 Å². The Morgan fingerprint density at radius 3 is 2.62 bits per heavy atom. The third-order valence-corrected chi connectivity index (χ3v) is 12.4. The van der Waals surface area contributed by atoms with Crippen molar-refractivity contribution in [2.45, 2.75) is 64.0 Å². The smallest absolute Gasteiger partial charge is 0.294 e. The molecule has 0 bridgehead atoms. The van der Waals surface area contributed by atoms with E-state index in [0.717, 1.165) is 29.4 Å². The molecule has 18 heteroatoms. The number of hydrogen-bond donors (Lipinski definition) is 5. The zero-order valence-corrected chi connectivity index (χ0v) is 33.7. The lowest BCUT2D eigenvalue weighted by molar-refractivity contribution is -0.134. The highest BCUT2D eigenvalue weighted by atomic mass is 35.5. The number of ether oxygens (including phenoxy) is 1. The molecule has 1 aromatic carbocycles. The number of nitrogens with one attached hydrogen (secondary N) is 4. The third-order valence-electron chi connectivity index (χ3n) is 12.1. The number of piperidine rings is 1. The summed E-state index contributed by atoms with van der Waals surface area (Å²) in [6, 6.07) is 9.32. The molecule has 0 radical (unpaired) electrons. The number of benzene rings is 1. The molecule has 2 saturated heterocycles. The Hall–Kier alpha value is -5.81. The molecule has 1 saturated carbocycles. The number of hydrogen-bond acceptors (Lipinski definition) is 13. The summed E-state index contributed by atoms with van der Waals surface area (Å²) in [5.74, 6) is -0.492. The van der Waals surface area contributed by atoms with Crippen molar-refractivity contribution in [2.75, 3.05) is 42.3 Å². The van der Waals surface area contributed by atoms with Gasteiger partial charge in [0.2, 0.25) is 17.8 Å². The molecule has 304 valence electrons. The highest BCUT2D eigenvalue weighted by molar-refractivity contribution is 6.33. The highest BCUT2D eigenvalue weighted by Gasteiger charge is 2.52. The standard InChI is InChI=1S/C40H46ClN11O6/c1-39(2)29(45-22-6-7-24-27(14-22)51(5)49-33(24)25-8-9-31(54)47-36(25)56)10-11-40(15-30(39)53)19-52(20-40)38-44-17-26(41)34(48-38)46-23-12-21-13-28(58-18-32(55)42-3)37(57)50(4)35(21)43-16-23/h6-7,12-14,16-17,25,29-30,45,53H,8-11,15,18-20H2,1-5H3,(H,42,55)(H,44,46,48)(H,47,54,56)/t25?,29-,30?/m1/s1. The predicted molar refractivity (Wildman–Crippen MR) is 218 cm³/mol. The fourth-order valence-electron chi connectivity index (χ4n) is 8.52. The van der Waals surface area contributed by atoms with Crippen LogP contribution >= 0.6 is 11.6 Å². The van der Waals surface area contributed by atoms with Crippen molar-refractivity contribution in [2.24, 2.45) is 24.9 Å². The average molecular weight is 812 g/mol. The summed E-state index contributed by atoms with van der Waals surface area (Å²) in [4.78, 5) is 64.8. The van der Waals surface area contributed by atoms with Gasteiger partial charge in [-0.2, -0.15) is 10.1 Å². The molecule has 2 unspecified atom stereocenters. The van der Waals surface area contributed by atoms with E-state index < -0.39 is 23.0 Å². The number of nitrogens with zero attached hydrogens (tertiary/aromatic N) is 7. The minimum atomic E-state index is -0.577. The Balaban J connectivity index is 0.950. The van der Waals surface area contributed by atoms with Crippen molar-refractivity contribution < 1.29 is 24.2 Å². The number of carbonyl (C=O) groups is 3. The molecule has 5 aromatic rings. The van der Waals surface area contributed by atoms with Gasteiger partial charge in [0.25, 0.3) is 11.5 Å². The van der Waals surface area contributed by atoms with Crippen molar-refractivity contribution in [3.05, 3.63) is 63.8 Å². The number of amides is 3. The van der Waals surface area contributed by atoms with Gasteiger partial charge in [0.05, 0.1) is 41.3 Å². The number of carbonyl (C=O) groups excluding carboxylic acids is 3.